The van der Waals surface area contributed by atoms with Crippen LogP contribution in [0.5, 0.6) is 0 Å². The lowest BCUT2D eigenvalue weighted by molar-refractivity contribution is 0.0947. The van der Waals surface area contributed by atoms with E-state index in [1.807, 2.05) is 19.0 Å². The second-order valence-corrected chi connectivity index (χ2v) is 5.57. The van der Waals surface area contributed by atoms with Gasteiger partial charge in [0.2, 0.25) is 0 Å². The van der Waals surface area contributed by atoms with Gasteiger partial charge in [0.15, 0.2) is 0 Å². The molecule has 0 bridgehead atoms. The molecule has 1 heterocycles. The lowest BCUT2D eigenvalue weighted by Crippen LogP contribution is -2.27. The summed E-state index contributed by atoms with van der Waals surface area (Å²) in [7, 11) is 3.93. The largest absolute Gasteiger partial charge is 0.351 e. The van der Waals surface area contributed by atoms with Gasteiger partial charge in [0.05, 0.1) is 11.9 Å². The number of carbonyl (C=O) groups is 1. The number of aromatic nitrogens is 1. The van der Waals surface area contributed by atoms with E-state index in [2.05, 4.69) is 15.6 Å². The van der Waals surface area contributed by atoms with E-state index in [4.69, 9.17) is 0 Å². The molecular weight excluding hydrogens is 314 g/mol. The lowest BCUT2D eigenvalue weighted by atomic mass is 10.2. The van der Waals surface area contributed by atoms with Crippen molar-refractivity contribution in [1.29, 1.82) is 0 Å². The second-order valence-electron chi connectivity index (χ2n) is 5.57. The zero-order valence-electron chi connectivity index (χ0n) is 13.6. The first-order chi connectivity index (χ1) is 11.5. The number of benzene rings is 1. The maximum absolute atomic E-state index is 13.6. The van der Waals surface area contributed by atoms with Gasteiger partial charge in [-0.3, -0.25) is 4.79 Å². The van der Waals surface area contributed by atoms with E-state index >= 15 is 0 Å². The first-order valence-corrected chi connectivity index (χ1v) is 7.57. The van der Waals surface area contributed by atoms with Crippen LogP contribution in [0.15, 0.2) is 36.5 Å². The molecule has 128 valence electrons. The van der Waals surface area contributed by atoms with Crippen LogP contribution in [0.4, 0.5) is 20.2 Å². The summed E-state index contributed by atoms with van der Waals surface area (Å²) in [6, 6.07) is 6.66. The number of nitrogens with one attached hydrogen (secondary N) is 2. The van der Waals surface area contributed by atoms with Gasteiger partial charge in [0.1, 0.15) is 23.0 Å². The third-order valence-corrected chi connectivity index (χ3v) is 3.30. The summed E-state index contributed by atoms with van der Waals surface area (Å²) in [5.74, 6) is -1.67. The molecular formula is C17H20F2N4O. The predicted molar refractivity (Wildman–Crippen MR) is 89.4 cm³/mol. The molecule has 0 spiro atoms. The molecule has 2 rings (SSSR count). The Balaban J connectivity index is 1.94. The maximum atomic E-state index is 13.6. The number of rotatable bonds is 7. The molecule has 0 aliphatic carbocycles. The SMILES string of the molecule is CN(C)CCCNC(=O)c1ccc(Nc2c(F)cccc2F)cn1. The summed E-state index contributed by atoms with van der Waals surface area (Å²) in [4.78, 5) is 18.0. The highest BCUT2D eigenvalue weighted by atomic mass is 19.1. The van der Waals surface area contributed by atoms with Crippen LogP contribution in [-0.4, -0.2) is 43.0 Å². The Bertz CT molecular complexity index is 669. The van der Waals surface area contributed by atoms with Crippen LogP contribution < -0.4 is 10.6 Å². The normalized spacial score (nSPS) is 10.7. The molecule has 0 saturated heterocycles. The van der Waals surface area contributed by atoms with E-state index in [1.54, 1.807) is 6.07 Å². The number of nitrogens with zero attached hydrogens (tertiary/aromatic N) is 2. The molecule has 2 aromatic rings. The predicted octanol–water partition coefficient (Wildman–Crippen LogP) is 2.78. The van der Waals surface area contributed by atoms with Crippen molar-refractivity contribution >= 4 is 17.3 Å². The number of amides is 1. The standard InChI is InChI=1S/C17H20F2N4O/c1-23(2)10-4-9-20-17(24)15-8-7-12(11-21-15)22-16-13(18)5-3-6-14(16)19/h3,5-8,11,22H,4,9-10H2,1-2H3,(H,20,24). The second kappa shape index (κ2) is 8.35. The summed E-state index contributed by atoms with van der Waals surface area (Å²) in [6.45, 7) is 1.43. The van der Waals surface area contributed by atoms with E-state index in [9.17, 15) is 13.6 Å². The lowest BCUT2D eigenvalue weighted by Gasteiger charge is -2.10. The smallest absolute Gasteiger partial charge is 0.269 e. The molecule has 1 aromatic heterocycles. The van der Waals surface area contributed by atoms with Gasteiger partial charge >= 0.3 is 0 Å². The zero-order valence-corrected chi connectivity index (χ0v) is 13.6. The van der Waals surface area contributed by atoms with Crippen LogP contribution in [0, 0.1) is 11.6 Å². The van der Waals surface area contributed by atoms with E-state index in [1.165, 1.54) is 18.3 Å². The summed E-state index contributed by atoms with van der Waals surface area (Å²) in [5.41, 5.74) is 0.391. The first kappa shape index (κ1) is 17.8. The summed E-state index contributed by atoms with van der Waals surface area (Å²) < 4.78 is 27.2. The van der Waals surface area contributed by atoms with Gasteiger partial charge in [-0.2, -0.15) is 0 Å². The molecule has 0 radical (unpaired) electrons. The molecule has 1 amide bonds. The van der Waals surface area contributed by atoms with Crippen molar-refractivity contribution in [3.05, 3.63) is 53.9 Å². The molecule has 0 aliphatic rings. The minimum atomic E-state index is -0.697. The van der Waals surface area contributed by atoms with Crippen molar-refractivity contribution in [1.82, 2.24) is 15.2 Å². The van der Waals surface area contributed by atoms with Crippen molar-refractivity contribution < 1.29 is 13.6 Å². The van der Waals surface area contributed by atoms with Gasteiger partial charge in [-0.25, -0.2) is 13.8 Å². The van der Waals surface area contributed by atoms with E-state index in [0.717, 1.165) is 25.1 Å². The number of pyridine rings is 1. The van der Waals surface area contributed by atoms with Crippen LogP contribution in [0.3, 0.4) is 0 Å². The molecule has 0 unspecified atom stereocenters. The Morgan fingerprint density at radius 1 is 1.17 bits per heavy atom. The van der Waals surface area contributed by atoms with Gasteiger partial charge in [-0.05, 0) is 51.3 Å². The van der Waals surface area contributed by atoms with Gasteiger partial charge in [0.25, 0.3) is 5.91 Å². The van der Waals surface area contributed by atoms with Crippen molar-refractivity contribution in [2.24, 2.45) is 0 Å². The Morgan fingerprint density at radius 3 is 2.46 bits per heavy atom. The third kappa shape index (κ3) is 4.99. The number of carbonyl (C=O) groups excluding carboxylic acids is 1. The Hall–Kier alpha value is -2.54. The highest BCUT2D eigenvalue weighted by Gasteiger charge is 2.10. The average Bonchev–Trinajstić information content (AvgIpc) is 2.55. The van der Waals surface area contributed by atoms with Gasteiger partial charge in [-0.1, -0.05) is 6.07 Å². The van der Waals surface area contributed by atoms with E-state index in [-0.39, 0.29) is 17.3 Å². The topological polar surface area (TPSA) is 57.3 Å². The molecule has 0 saturated carbocycles. The molecule has 0 aliphatic heterocycles. The highest BCUT2D eigenvalue weighted by molar-refractivity contribution is 5.92. The molecule has 0 atom stereocenters. The molecule has 1 aromatic carbocycles. The summed E-state index contributed by atoms with van der Waals surface area (Å²) in [5, 5.41) is 5.39. The van der Waals surface area contributed by atoms with Crippen molar-refractivity contribution in [2.45, 2.75) is 6.42 Å². The number of halogens is 2. The molecule has 0 fully saturated rings. The van der Waals surface area contributed by atoms with Crippen LogP contribution >= 0.6 is 0 Å². The highest BCUT2D eigenvalue weighted by Crippen LogP contribution is 2.22. The summed E-state index contributed by atoms with van der Waals surface area (Å²) >= 11 is 0. The number of para-hydroxylation sites is 1. The molecule has 24 heavy (non-hydrogen) atoms. The number of hydrogen-bond acceptors (Lipinski definition) is 4. The Morgan fingerprint density at radius 2 is 1.88 bits per heavy atom. The minimum absolute atomic E-state index is 0.249. The van der Waals surface area contributed by atoms with Crippen LogP contribution in [0.2, 0.25) is 0 Å². The van der Waals surface area contributed by atoms with Crippen molar-refractivity contribution in [3.63, 3.8) is 0 Å². The van der Waals surface area contributed by atoms with Gasteiger partial charge < -0.3 is 15.5 Å². The third-order valence-electron chi connectivity index (χ3n) is 3.30. The average molecular weight is 334 g/mol. The Labute approximate surface area is 139 Å². The van der Waals surface area contributed by atoms with Gasteiger partial charge in [-0.15, -0.1) is 0 Å². The molecule has 5 nitrogen and oxygen atoms in total. The van der Waals surface area contributed by atoms with E-state index < -0.39 is 11.6 Å². The first-order valence-electron chi connectivity index (χ1n) is 7.57. The fourth-order valence-electron chi connectivity index (χ4n) is 2.05. The molecule has 2 N–H and O–H groups in total. The van der Waals surface area contributed by atoms with Gasteiger partial charge in [0, 0.05) is 6.54 Å². The van der Waals surface area contributed by atoms with Crippen molar-refractivity contribution in [3.8, 4) is 0 Å². The van der Waals surface area contributed by atoms with Crippen LogP contribution in [-0.2, 0) is 0 Å². The fourth-order valence-corrected chi connectivity index (χ4v) is 2.05. The van der Waals surface area contributed by atoms with Crippen LogP contribution in [0.25, 0.3) is 0 Å². The quantitative estimate of drug-likeness (QED) is 0.765. The zero-order chi connectivity index (χ0) is 17.5. The molecule has 7 heteroatoms. The fraction of sp³-hybridized carbons (Fsp3) is 0.294. The summed E-state index contributed by atoms with van der Waals surface area (Å²) in [6.07, 6.45) is 2.20. The Kier molecular flexibility index (Phi) is 6.20. The maximum Gasteiger partial charge on any atom is 0.269 e. The van der Waals surface area contributed by atoms with Crippen LogP contribution in [0.1, 0.15) is 16.9 Å². The minimum Gasteiger partial charge on any atom is -0.351 e. The van der Waals surface area contributed by atoms with E-state index in [0.29, 0.717) is 12.2 Å². The van der Waals surface area contributed by atoms with Crippen molar-refractivity contribution in [2.75, 3.05) is 32.5 Å². The monoisotopic (exact) mass is 334 g/mol. The number of hydrogen-bond donors (Lipinski definition) is 2. The number of anilines is 2.